The van der Waals surface area contributed by atoms with Crippen LogP contribution in [-0.2, 0) is 29.1 Å². The van der Waals surface area contributed by atoms with Gasteiger partial charge in [-0.2, -0.15) is 5.10 Å². The van der Waals surface area contributed by atoms with E-state index in [4.69, 9.17) is 14.6 Å². The Balaban J connectivity index is 1.55. The van der Waals surface area contributed by atoms with Crippen LogP contribution in [0, 0.1) is 0 Å². The van der Waals surface area contributed by atoms with E-state index in [9.17, 15) is 0 Å². The van der Waals surface area contributed by atoms with Gasteiger partial charge in [0.25, 0.3) is 0 Å². The number of fused-ring (bicyclic) bond motifs is 1. The van der Waals surface area contributed by atoms with Gasteiger partial charge >= 0.3 is 0 Å². The number of morpholine rings is 1. The Morgan fingerprint density at radius 1 is 1.13 bits per heavy atom. The third kappa shape index (κ3) is 3.05. The van der Waals surface area contributed by atoms with Crippen molar-refractivity contribution in [2.75, 3.05) is 39.5 Å². The lowest BCUT2D eigenvalue weighted by atomic mass is 10.2. The Kier molecular flexibility index (Phi) is 4.41. The highest BCUT2D eigenvalue weighted by Crippen LogP contribution is 2.32. The van der Waals surface area contributed by atoms with Crippen LogP contribution in [0.1, 0.15) is 43.3 Å². The maximum Gasteiger partial charge on any atom is 0.0813 e. The average Bonchev–Trinajstić information content (AvgIpc) is 3.24. The second kappa shape index (κ2) is 6.51. The van der Waals surface area contributed by atoms with Gasteiger partial charge in [-0.05, 0) is 20.3 Å². The first kappa shape index (κ1) is 15.6. The largest absolute Gasteiger partial charge is 0.380 e. The summed E-state index contributed by atoms with van der Waals surface area (Å²) in [6, 6.07) is 1.00. The van der Waals surface area contributed by atoms with Crippen molar-refractivity contribution in [2.24, 2.45) is 0 Å². The molecule has 0 spiro atoms. The van der Waals surface area contributed by atoms with Gasteiger partial charge in [-0.15, -0.1) is 0 Å². The number of ether oxygens (including phenoxy) is 2. The van der Waals surface area contributed by atoms with Crippen molar-refractivity contribution in [3.63, 3.8) is 0 Å². The number of hydrogen-bond acceptors (Lipinski definition) is 5. The fourth-order valence-electron chi connectivity index (χ4n) is 3.95. The second-order valence-electron chi connectivity index (χ2n) is 7.22. The van der Waals surface area contributed by atoms with Gasteiger partial charge in [-0.1, -0.05) is 0 Å². The van der Waals surface area contributed by atoms with Gasteiger partial charge in [-0.25, -0.2) is 0 Å². The molecule has 4 heterocycles. The first-order chi connectivity index (χ1) is 11.2. The summed E-state index contributed by atoms with van der Waals surface area (Å²) in [4.78, 5) is 5.05. The minimum atomic E-state index is 0.418. The highest BCUT2D eigenvalue weighted by molar-refractivity contribution is 5.31. The summed E-state index contributed by atoms with van der Waals surface area (Å²) in [5, 5.41) is 4.96. The van der Waals surface area contributed by atoms with Gasteiger partial charge in [0.1, 0.15) is 0 Å². The van der Waals surface area contributed by atoms with Crippen LogP contribution in [0.4, 0.5) is 0 Å². The molecule has 1 aromatic heterocycles. The summed E-state index contributed by atoms with van der Waals surface area (Å²) in [5.74, 6) is 0. The summed E-state index contributed by atoms with van der Waals surface area (Å²) >= 11 is 0. The Bertz CT molecular complexity index is 545. The molecule has 0 bridgehead atoms. The van der Waals surface area contributed by atoms with E-state index in [1.54, 1.807) is 0 Å². The topological polar surface area (TPSA) is 42.8 Å². The number of nitrogens with zero attached hydrogens (tertiary/aromatic N) is 4. The molecule has 0 radical (unpaired) electrons. The number of aromatic nitrogens is 2. The van der Waals surface area contributed by atoms with Crippen molar-refractivity contribution in [3.8, 4) is 0 Å². The molecule has 23 heavy (non-hydrogen) atoms. The molecule has 1 aromatic rings. The first-order valence-electron chi connectivity index (χ1n) is 8.93. The van der Waals surface area contributed by atoms with Crippen LogP contribution in [0.25, 0.3) is 0 Å². The zero-order valence-corrected chi connectivity index (χ0v) is 14.3. The summed E-state index contributed by atoms with van der Waals surface area (Å²) in [7, 11) is 0. The molecule has 2 saturated heterocycles. The van der Waals surface area contributed by atoms with Crippen molar-refractivity contribution in [3.05, 3.63) is 17.0 Å². The van der Waals surface area contributed by atoms with E-state index in [2.05, 4.69) is 28.3 Å². The van der Waals surface area contributed by atoms with Crippen LogP contribution in [-0.4, -0.2) is 65.1 Å². The van der Waals surface area contributed by atoms with Crippen molar-refractivity contribution in [1.82, 2.24) is 19.6 Å². The van der Waals surface area contributed by atoms with E-state index in [1.165, 1.54) is 17.0 Å². The smallest absolute Gasteiger partial charge is 0.0813 e. The summed E-state index contributed by atoms with van der Waals surface area (Å²) in [6.45, 7) is 13.0. The summed E-state index contributed by atoms with van der Waals surface area (Å²) in [5.41, 5.74) is 4.17. The standard InChI is InChI=1S/C17H28N4O2/c1-13(2)21-17-11-20(14-3-6-23-12-14)9-15(17)16(18-21)10-19-4-7-22-8-5-19/h13-14H,3-12H2,1-2H3. The second-order valence-corrected chi connectivity index (χ2v) is 7.22. The predicted octanol–water partition coefficient (Wildman–Crippen LogP) is 1.40. The van der Waals surface area contributed by atoms with Gasteiger partial charge in [0.2, 0.25) is 0 Å². The van der Waals surface area contributed by atoms with Crippen LogP contribution < -0.4 is 0 Å². The van der Waals surface area contributed by atoms with Gasteiger partial charge in [-0.3, -0.25) is 14.5 Å². The molecule has 128 valence electrons. The predicted molar refractivity (Wildman–Crippen MR) is 87.2 cm³/mol. The van der Waals surface area contributed by atoms with E-state index in [0.29, 0.717) is 12.1 Å². The molecule has 0 saturated carbocycles. The molecule has 0 aliphatic carbocycles. The Hall–Kier alpha value is -0.950. The molecule has 1 unspecified atom stereocenters. The van der Waals surface area contributed by atoms with Crippen LogP contribution in [0.15, 0.2) is 0 Å². The number of rotatable bonds is 4. The lowest BCUT2D eigenvalue weighted by molar-refractivity contribution is 0.0333. The monoisotopic (exact) mass is 320 g/mol. The zero-order valence-electron chi connectivity index (χ0n) is 14.3. The van der Waals surface area contributed by atoms with Crippen LogP contribution in [0.2, 0.25) is 0 Å². The summed E-state index contributed by atoms with van der Waals surface area (Å²) in [6.07, 6.45) is 1.16. The maximum absolute atomic E-state index is 5.59. The van der Waals surface area contributed by atoms with Crippen molar-refractivity contribution < 1.29 is 9.47 Å². The Morgan fingerprint density at radius 2 is 1.96 bits per heavy atom. The first-order valence-corrected chi connectivity index (χ1v) is 8.93. The van der Waals surface area contributed by atoms with E-state index < -0.39 is 0 Å². The molecule has 3 aliphatic heterocycles. The number of hydrogen-bond donors (Lipinski definition) is 0. The third-order valence-electron chi connectivity index (χ3n) is 5.30. The van der Waals surface area contributed by atoms with Crippen LogP contribution >= 0.6 is 0 Å². The highest BCUT2D eigenvalue weighted by Gasteiger charge is 2.34. The van der Waals surface area contributed by atoms with Crippen molar-refractivity contribution in [2.45, 2.75) is 52.0 Å². The van der Waals surface area contributed by atoms with Gasteiger partial charge in [0.15, 0.2) is 0 Å². The van der Waals surface area contributed by atoms with E-state index in [-0.39, 0.29) is 0 Å². The van der Waals surface area contributed by atoms with Crippen molar-refractivity contribution >= 4 is 0 Å². The van der Waals surface area contributed by atoms with Crippen LogP contribution in [0.3, 0.4) is 0 Å². The molecular formula is C17H28N4O2. The normalized spacial score (nSPS) is 26.3. The molecule has 0 aromatic carbocycles. The fraction of sp³-hybridized carbons (Fsp3) is 0.824. The zero-order chi connectivity index (χ0) is 15.8. The van der Waals surface area contributed by atoms with E-state index >= 15 is 0 Å². The molecule has 2 fully saturated rings. The average molecular weight is 320 g/mol. The summed E-state index contributed by atoms with van der Waals surface area (Å²) < 4.78 is 13.3. The maximum atomic E-state index is 5.59. The van der Waals surface area contributed by atoms with Crippen LogP contribution in [0.5, 0.6) is 0 Å². The molecular weight excluding hydrogens is 292 g/mol. The minimum absolute atomic E-state index is 0.418. The van der Waals surface area contributed by atoms with Crippen molar-refractivity contribution in [1.29, 1.82) is 0 Å². The van der Waals surface area contributed by atoms with Gasteiger partial charge < -0.3 is 9.47 Å². The van der Waals surface area contributed by atoms with Gasteiger partial charge in [0, 0.05) is 57.0 Å². The Labute approximate surface area is 138 Å². The molecule has 4 rings (SSSR count). The van der Waals surface area contributed by atoms with E-state index in [1.807, 2.05) is 0 Å². The third-order valence-corrected chi connectivity index (χ3v) is 5.30. The lowest BCUT2D eigenvalue weighted by Crippen LogP contribution is -2.36. The highest BCUT2D eigenvalue weighted by atomic mass is 16.5. The molecule has 3 aliphatic rings. The molecule has 1 atom stereocenters. The Morgan fingerprint density at radius 3 is 2.65 bits per heavy atom. The molecule has 0 amide bonds. The van der Waals surface area contributed by atoms with E-state index in [0.717, 1.165) is 65.6 Å². The quantitative estimate of drug-likeness (QED) is 0.839. The minimum Gasteiger partial charge on any atom is -0.380 e. The molecule has 0 N–H and O–H groups in total. The van der Waals surface area contributed by atoms with Gasteiger partial charge in [0.05, 0.1) is 31.2 Å². The SMILES string of the molecule is CC(C)n1nc(CN2CCOCC2)c2c1CN(C1CCOC1)C2. The lowest BCUT2D eigenvalue weighted by Gasteiger charge is -2.26. The fourth-order valence-corrected chi connectivity index (χ4v) is 3.95. The molecule has 6 nitrogen and oxygen atoms in total. The molecule has 6 heteroatoms.